The molecule has 0 fully saturated rings. The summed E-state index contributed by atoms with van der Waals surface area (Å²) in [6, 6.07) is 3.80. The topological polar surface area (TPSA) is 46.5 Å². The van der Waals surface area contributed by atoms with Gasteiger partial charge in [0.05, 0.1) is 12.8 Å². The number of amidine groups is 1. The molecule has 0 atom stereocenters. The Labute approximate surface area is 131 Å². The molecule has 0 aliphatic carbocycles. The van der Waals surface area contributed by atoms with Crippen molar-refractivity contribution >= 4 is 16.9 Å². The molecular formula is C16H23N3OS. The first kappa shape index (κ1) is 17.3. The monoisotopic (exact) mass is 305 g/mol. The molecular weight excluding hydrogens is 282 g/mol. The van der Waals surface area contributed by atoms with Crippen molar-refractivity contribution in [1.82, 2.24) is 10.3 Å². The van der Waals surface area contributed by atoms with Crippen molar-refractivity contribution in [2.75, 3.05) is 14.2 Å². The largest absolute Gasteiger partial charge is 0.495 e. The van der Waals surface area contributed by atoms with Crippen LogP contribution in [0.2, 0.25) is 0 Å². The Bertz CT molecular complexity index is 512. The number of hydrogen-bond donors (Lipinski definition) is 1. The number of nitrogens with one attached hydrogen (secondary N) is 1. The molecule has 0 bridgehead atoms. The van der Waals surface area contributed by atoms with Crippen LogP contribution in [0.5, 0.6) is 5.75 Å². The lowest BCUT2D eigenvalue weighted by molar-refractivity contribution is 0.407. The third-order valence-corrected chi connectivity index (χ3v) is 3.45. The van der Waals surface area contributed by atoms with E-state index in [1.54, 1.807) is 25.8 Å². The van der Waals surface area contributed by atoms with Crippen LogP contribution >= 0.6 is 11.8 Å². The molecule has 5 heteroatoms. The van der Waals surface area contributed by atoms with Gasteiger partial charge >= 0.3 is 0 Å². The molecule has 0 amide bonds. The molecule has 0 unspecified atom stereocenters. The highest BCUT2D eigenvalue weighted by atomic mass is 32.2. The number of methoxy groups -OCH3 is 1. The second kappa shape index (κ2) is 10.0. The average Bonchev–Trinajstić information content (AvgIpc) is 2.52. The first-order valence-electron chi connectivity index (χ1n) is 6.93. The maximum Gasteiger partial charge on any atom is 0.164 e. The minimum absolute atomic E-state index is 0.681. The zero-order chi connectivity index (χ0) is 15.5. The Hall–Kier alpha value is -1.75. The minimum Gasteiger partial charge on any atom is -0.495 e. The van der Waals surface area contributed by atoms with Gasteiger partial charge in [0, 0.05) is 25.4 Å². The smallest absolute Gasteiger partial charge is 0.164 e. The number of pyridine rings is 1. The van der Waals surface area contributed by atoms with Crippen LogP contribution in [-0.2, 0) is 6.42 Å². The molecule has 0 aliphatic rings. The van der Waals surface area contributed by atoms with Gasteiger partial charge < -0.3 is 10.1 Å². The summed E-state index contributed by atoms with van der Waals surface area (Å²) in [5.41, 5.74) is 1.98. The maximum atomic E-state index is 5.36. The standard InChI is InChI=1S/C16H23N3OS/c1-5-7-9-13(19-16(17-3)21-6-2)12-14-15(20-4)10-8-11-18-14/h6,8-11H,2,5,7,12H2,1,3-4H3,(H,17,19). The number of allylic oxidation sites excluding steroid dienone is 2. The molecule has 1 heterocycles. The number of thioether (sulfide) groups is 1. The van der Waals surface area contributed by atoms with Crippen LogP contribution in [0.3, 0.4) is 0 Å². The van der Waals surface area contributed by atoms with Crippen molar-refractivity contribution in [2.45, 2.75) is 26.2 Å². The van der Waals surface area contributed by atoms with Gasteiger partial charge in [0.2, 0.25) is 0 Å². The molecule has 0 saturated carbocycles. The summed E-state index contributed by atoms with van der Waals surface area (Å²) in [7, 11) is 3.42. The summed E-state index contributed by atoms with van der Waals surface area (Å²) in [5.74, 6) is 0.799. The fourth-order valence-corrected chi connectivity index (χ4v) is 2.22. The van der Waals surface area contributed by atoms with Crippen LogP contribution in [-0.4, -0.2) is 24.3 Å². The molecule has 21 heavy (non-hydrogen) atoms. The van der Waals surface area contributed by atoms with Gasteiger partial charge in [-0.05, 0) is 24.0 Å². The van der Waals surface area contributed by atoms with Crippen LogP contribution in [0.4, 0.5) is 0 Å². The third-order valence-electron chi connectivity index (χ3n) is 2.77. The molecule has 114 valence electrons. The molecule has 0 radical (unpaired) electrons. The number of nitrogens with zero attached hydrogens (tertiary/aromatic N) is 2. The normalized spacial score (nSPS) is 12.1. The summed E-state index contributed by atoms with van der Waals surface area (Å²) in [6.07, 6.45) is 6.75. The second-order valence-corrected chi connectivity index (χ2v) is 5.24. The zero-order valence-corrected chi connectivity index (χ0v) is 13.7. The predicted molar refractivity (Wildman–Crippen MR) is 91.8 cm³/mol. The number of aliphatic imine (C=N–C) groups is 1. The maximum absolute atomic E-state index is 5.36. The van der Waals surface area contributed by atoms with E-state index in [2.05, 4.69) is 34.9 Å². The molecule has 1 rings (SSSR count). The van der Waals surface area contributed by atoms with Crippen LogP contribution in [0.25, 0.3) is 0 Å². The van der Waals surface area contributed by atoms with Crippen molar-refractivity contribution in [3.63, 3.8) is 0 Å². The van der Waals surface area contributed by atoms with E-state index in [0.717, 1.165) is 35.1 Å². The van der Waals surface area contributed by atoms with Gasteiger partial charge in [-0.15, -0.1) is 0 Å². The molecule has 1 N–H and O–H groups in total. The molecule has 0 aliphatic heterocycles. The summed E-state index contributed by atoms with van der Waals surface area (Å²) in [6.45, 7) is 5.88. The van der Waals surface area contributed by atoms with E-state index >= 15 is 0 Å². The molecule has 0 spiro atoms. The van der Waals surface area contributed by atoms with E-state index in [1.165, 1.54) is 11.8 Å². The van der Waals surface area contributed by atoms with E-state index in [4.69, 9.17) is 4.74 Å². The van der Waals surface area contributed by atoms with E-state index in [-0.39, 0.29) is 0 Å². The Morgan fingerprint density at radius 2 is 2.38 bits per heavy atom. The summed E-state index contributed by atoms with van der Waals surface area (Å²) in [5, 5.41) is 5.93. The van der Waals surface area contributed by atoms with Crippen molar-refractivity contribution in [3.8, 4) is 5.75 Å². The SMILES string of the molecule is C=CSC(=NC)NC(=CCCC)Cc1ncccc1OC. The highest BCUT2D eigenvalue weighted by molar-refractivity contribution is 8.16. The number of ether oxygens (including phenoxy) is 1. The second-order valence-electron chi connectivity index (χ2n) is 4.29. The molecule has 0 saturated heterocycles. The van der Waals surface area contributed by atoms with Gasteiger partial charge in [0.25, 0.3) is 0 Å². The Balaban J connectivity index is 2.90. The molecule has 1 aromatic heterocycles. The van der Waals surface area contributed by atoms with E-state index in [0.29, 0.717) is 6.42 Å². The minimum atomic E-state index is 0.681. The fourth-order valence-electron chi connectivity index (χ4n) is 1.76. The van der Waals surface area contributed by atoms with Gasteiger partial charge in [-0.25, -0.2) is 0 Å². The first-order valence-corrected chi connectivity index (χ1v) is 7.81. The van der Waals surface area contributed by atoms with E-state index in [9.17, 15) is 0 Å². The lowest BCUT2D eigenvalue weighted by Crippen LogP contribution is -2.21. The number of rotatable bonds is 7. The number of unbranched alkanes of at least 4 members (excludes halogenated alkanes) is 1. The van der Waals surface area contributed by atoms with E-state index in [1.807, 2.05) is 12.1 Å². The average molecular weight is 305 g/mol. The zero-order valence-electron chi connectivity index (χ0n) is 12.9. The van der Waals surface area contributed by atoms with Crippen LogP contribution in [0.15, 0.2) is 47.1 Å². The van der Waals surface area contributed by atoms with Crippen LogP contribution in [0, 0.1) is 0 Å². The van der Waals surface area contributed by atoms with Gasteiger partial charge in [0.15, 0.2) is 5.17 Å². The Morgan fingerprint density at radius 1 is 1.57 bits per heavy atom. The van der Waals surface area contributed by atoms with Gasteiger partial charge in [0.1, 0.15) is 5.75 Å². The highest BCUT2D eigenvalue weighted by Crippen LogP contribution is 2.18. The van der Waals surface area contributed by atoms with Gasteiger partial charge in [-0.3, -0.25) is 9.98 Å². The highest BCUT2D eigenvalue weighted by Gasteiger charge is 2.08. The van der Waals surface area contributed by atoms with Crippen molar-refractivity contribution in [3.05, 3.63) is 47.8 Å². The third kappa shape index (κ3) is 6.04. The fraction of sp³-hybridized carbons (Fsp3) is 0.375. The van der Waals surface area contributed by atoms with Crippen molar-refractivity contribution < 1.29 is 4.74 Å². The molecule has 1 aromatic rings. The molecule has 4 nitrogen and oxygen atoms in total. The Kier molecular flexibility index (Phi) is 8.28. The van der Waals surface area contributed by atoms with Crippen molar-refractivity contribution in [1.29, 1.82) is 0 Å². The number of hydrogen-bond acceptors (Lipinski definition) is 4. The predicted octanol–water partition coefficient (Wildman–Crippen LogP) is 3.77. The van der Waals surface area contributed by atoms with Crippen LogP contribution < -0.4 is 10.1 Å². The molecule has 0 aromatic carbocycles. The van der Waals surface area contributed by atoms with Gasteiger partial charge in [-0.2, -0.15) is 0 Å². The van der Waals surface area contributed by atoms with E-state index < -0.39 is 0 Å². The van der Waals surface area contributed by atoms with Crippen LogP contribution in [0.1, 0.15) is 25.5 Å². The lowest BCUT2D eigenvalue weighted by atomic mass is 10.1. The Morgan fingerprint density at radius 3 is 3.00 bits per heavy atom. The number of aromatic nitrogens is 1. The van der Waals surface area contributed by atoms with Crippen molar-refractivity contribution in [2.24, 2.45) is 4.99 Å². The lowest BCUT2D eigenvalue weighted by Gasteiger charge is -2.13. The summed E-state index contributed by atoms with van der Waals surface area (Å²) >= 11 is 1.47. The summed E-state index contributed by atoms with van der Waals surface area (Å²) in [4.78, 5) is 8.62. The summed E-state index contributed by atoms with van der Waals surface area (Å²) < 4.78 is 5.36. The quantitative estimate of drug-likeness (QED) is 0.615. The first-order chi connectivity index (χ1) is 10.2. The van der Waals surface area contributed by atoms with Gasteiger partial charge in [-0.1, -0.05) is 37.8 Å².